The zero-order valence-corrected chi connectivity index (χ0v) is 12.4. The van der Waals surface area contributed by atoms with Crippen LogP contribution in [0.3, 0.4) is 0 Å². The van der Waals surface area contributed by atoms with Crippen LogP contribution in [0.2, 0.25) is 5.02 Å². The number of rotatable bonds is 4. The molecule has 4 nitrogen and oxygen atoms in total. The van der Waals surface area contributed by atoms with Gasteiger partial charge in [-0.15, -0.1) is 0 Å². The van der Waals surface area contributed by atoms with Gasteiger partial charge in [0, 0.05) is 29.2 Å². The van der Waals surface area contributed by atoms with Crippen molar-refractivity contribution in [2.75, 3.05) is 0 Å². The molecule has 1 aromatic heterocycles. The molecule has 0 spiro atoms. The molecule has 0 fully saturated rings. The van der Waals surface area contributed by atoms with Gasteiger partial charge in [-0.05, 0) is 24.1 Å². The van der Waals surface area contributed by atoms with E-state index in [0.717, 1.165) is 11.3 Å². The summed E-state index contributed by atoms with van der Waals surface area (Å²) in [5.74, 6) is 0.339. The highest BCUT2D eigenvalue weighted by molar-refractivity contribution is 6.30. The van der Waals surface area contributed by atoms with Crippen molar-refractivity contribution in [2.24, 2.45) is 11.7 Å². The second-order valence-electron chi connectivity index (χ2n) is 5.15. The lowest BCUT2D eigenvalue weighted by atomic mass is 10.1. The fraction of sp³-hybridized carbons (Fsp3) is 0.333. The average Bonchev–Trinajstić information content (AvgIpc) is 2.41. The molecule has 0 atom stereocenters. The normalized spacial score (nSPS) is 11.1. The van der Waals surface area contributed by atoms with Gasteiger partial charge in [-0.25, -0.2) is 4.68 Å². The van der Waals surface area contributed by atoms with Gasteiger partial charge in [-0.1, -0.05) is 37.6 Å². The Hall–Kier alpha value is -1.65. The molecular weight excluding hydrogens is 274 g/mol. The summed E-state index contributed by atoms with van der Waals surface area (Å²) in [4.78, 5) is 12.2. The molecule has 0 aliphatic heterocycles. The highest BCUT2D eigenvalue weighted by Gasteiger charge is 2.10. The van der Waals surface area contributed by atoms with Crippen LogP contribution >= 0.6 is 11.6 Å². The number of benzene rings is 1. The number of hydrogen-bond donors (Lipinski definition) is 1. The Morgan fingerprint density at radius 2 is 1.95 bits per heavy atom. The smallest absolute Gasteiger partial charge is 0.271 e. The number of halogens is 1. The Bertz CT molecular complexity index is 647. The van der Waals surface area contributed by atoms with Crippen molar-refractivity contribution in [3.05, 3.63) is 51.3 Å². The minimum absolute atomic E-state index is 0.112. The molecule has 0 bridgehead atoms. The van der Waals surface area contributed by atoms with E-state index < -0.39 is 0 Å². The molecule has 0 unspecified atom stereocenters. The molecule has 1 aromatic carbocycles. The number of nitrogens with zero attached hydrogens (tertiary/aromatic N) is 2. The van der Waals surface area contributed by atoms with Gasteiger partial charge < -0.3 is 5.73 Å². The van der Waals surface area contributed by atoms with Crippen LogP contribution in [0, 0.1) is 5.92 Å². The number of hydrogen-bond acceptors (Lipinski definition) is 3. The quantitative estimate of drug-likeness (QED) is 0.942. The lowest BCUT2D eigenvalue weighted by Crippen LogP contribution is -2.29. The van der Waals surface area contributed by atoms with Crippen molar-refractivity contribution in [3.63, 3.8) is 0 Å². The van der Waals surface area contributed by atoms with Crippen molar-refractivity contribution in [1.82, 2.24) is 9.78 Å². The zero-order chi connectivity index (χ0) is 14.7. The van der Waals surface area contributed by atoms with Gasteiger partial charge in [0.15, 0.2) is 0 Å². The molecule has 0 saturated heterocycles. The SMILES string of the molecule is CC(C)Cn1nc(-c2ccc(Cl)cc2)cc(CN)c1=O. The van der Waals surface area contributed by atoms with E-state index in [-0.39, 0.29) is 12.1 Å². The molecule has 2 N–H and O–H groups in total. The molecule has 20 heavy (non-hydrogen) atoms. The first-order chi connectivity index (χ1) is 9.51. The van der Waals surface area contributed by atoms with Gasteiger partial charge in [-0.3, -0.25) is 4.79 Å². The fourth-order valence-electron chi connectivity index (χ4n) is 1.97. The van der Waals surface area contributed by atoms with E-state index in [9.17, 15) is 4.79 Å². The fourth-order valence-corrected chi connectivity index (χ4v) is 2.10. The van der Waals surface area contributed by atoms with Crippen molar-refractivity contribution in [1.29, 1.82) is 0 Å². The van der Waals surface area contributed by atoms with E-state index in [2.05, 4.69) is 5.10 Å². The molecule has 2 rings (SSSR count). The third-order valence-corrected chi connectivity index (χ3v) is 3.20. The first-order valence-corrected chi connectivity index (χ1v) is 6.96. The maximum Gasteiger partial charge on any atom is 0.271 e. The Morgan fingerprint density at radius 1 is 1.30 bits per heavy atom. The molecule has 0 aliphatic rings. The molecule has 0 radical (unpaired) electrons. The predicted octanol–water partition coefficient (Wildman–Crippen LogP) is 2.68. The zero-order valence-electron chi connectivity index (χ0n) is 11.6. The van der Waals surface area contributed by atoms with Crippen LogP contribution in [-0.2, 0) is 13.1 Å². The van der Waals surface area contributed by atoms with Crippen LogP contribution < -0.4 is 11.3 Å². The summed E-state index contributed by atoms with van der Waals surface area (Å²) in [7, 11) is 0. The third kappa shape index (κ3) is 3.26. The molecule has 0 aliphatic carbocycles. The molecule has 106 valence electrons. The standard InChI is InChI=1S/C15H18ClN3O/c1-10(2)9-19-15(20)12(8-17)7-14(18-19)11-3-5-13(16)6-4-11/h3-7,10H,8-9,17H2,1-2H3. The Kier molecular flexibility index (Phi) is 4.57. The monoisotopic (exact) mass is 291 g/mol. The average molecular weight is 292 g/mol. The van der Waals surface area contributed by atoms with Crippen molar-refractivity contribution in [2.45, 2.75) is 26.9 Å². The van der Waals surface area contributed by atoms with Crippen LogP contribution in [0.4, 0.5) is 0 Å². The first-order valence-electron chi connectivity index (χ1n) is 6.58. The van der Waals surface area contributed by atoms with Crippen LogP contribution in [0.25, 0.3) is 11.3 Å². The second-order valence-corrected chi connectivity index (χ2v) is 5.58. The van der Waals surface area contributed by atoms with E-state index >= 15 is 0 Å². The van der Waals surface area contributed by atoms with Gasteiger partial charge in [0.05, 0.1) is 5.69 Å². The Morgan fingerprint density at radius 3 is 2.50 bits per heavy atom. The Balaban J connectivity index is 2.53. The van der Waals surface area contributed by atoms with E-state index in [4.69, 9.17) is 17.3 Å². The van der Waals surface area contributed by atoms with E-state index in [1.165, 1.54) is 4.68 Å². The maximum atomic E-state index is 12.2. The summed E-state index contributed by atoms with van der Waals surface area (Å²) in [5, 5.41) is 5.10. The minimum Gasteiger partial charge on any atom is -0.326 e. The van der Waals surface area contributed by atoms with E-state index in [0.29, 0.717) is 23.0 Å². The molecule has 0 saturated carbocycles. The topological polar surface area (TPSA) is 60.9 Å². The molecule has 0 amide bonds. The minimum atomic E-state index is -0.112. The molecular formula is C15H18ClN3O. The van der Waals surface area contributed by atoms with Crippen molar-refractivity contribution in [3.8, 4) is 11.3 Å². The van der Waals surface area contributed by atoms with Gasteiger partial charge in [0.25, 0.3) is 5.56 Å². The summed E-state index contributed by atoms with van der Waals surface area (Å²) in [6.45, 7) is 4.88. The van der Waals surface area contributed by atoms with Gasteiger partial charge in [0.1, 0.15) is 0 Å². The van der Waals surface area contributed by atoms with Gasteiger partial charge in [-0.2, -0.15) is 5.10 Å². The van der Waals surface area contributed by atoms with Crippen molar-refractivity contribution < 1.29 is 0 Å². The summed E-state index contributed by atoms with van der Waals surface area (Å²) >= 11 is 5.89. The lowest BCUT2D eigenvalue weighted by Gasteiger charge is -2.11. The van der Waals surface area contributed by atoms with E-state index in [1.54, 1.807) is 18.2 Å². The van der Waals surface area contributed by atoms with E-state index in [1.807, 2.05) is 26.0 Å². The van der Waals surface area contributed by atoms with Crippen LogP contribution in [0.1, 0.15) is 19.4 Å². The molecule has 2 aromatic rings. The summed E-state index contributed by atoms with van der Waals surface area (Å²) in [6.07, 6.45) is 0. The van der Waals surface area contributed by atoms with Gasteiger partial charge in [0.2, 0.25) is 0 Å². The van der Waals surface area contributed by atoms with Crippen molar-refractivity contribution >= 4 is 11.6 Å². The third-order valence-electron chi connectivity index (χ3n) is 2.95. The largest absolute Gasteiger partial charge is 0.326 e. The summed E-state index contributed by atoms with van der Waals surface area (Å²) in [5.41, 5.74) is 7.78. The number of aromatic nitrogens is 2. The Labute approximate surface area is 123 Å². The first kappa shape index (κ1) is 14.8. The summed E-state index contributed by atoms with van der Waals surface area (Å²) in [6, 6.07) is 9.13. The summed E-state index contributed by atoms with van der Waals surface area (Å²) < 4.78 is 1.50. The van der Waals surface area contributed by atoms with Crippen LogP contribution in [0.15, 0.2) is 35.1 Å². The maximum absolute atomic E-state index is 12.2. The van der Waals surface area contributed by atoms with Crippen LogP contribution in [0.5, 0.6) is 0 Å². The lowest BCUT2D eigenvalue weighted by molar-refractivity contribution is 0.462. The van der Waals surface area contributed by atoms with Gasteiger partial charge >= 0.3 is 0 Å². The highest BCUT2D eigenvalue weighted by Crippen LogP contribution is 2.19. The predicted molar refractivity (Wildman–Crippen MR) is 81.7 cm³/mol. The highest BCUT2D eigenvalue weighted by atomic mass is 35.5. The second kappa shape index (κ2) is 6.20. The molecule has 5 heteroatoms. The van der Waals surface area contributed by atoms with Crippen LogP contribution in [-0.4, -0.2) is 9.78 Å². The number of nitrogens with two attached hydrogens (primary N) is 1. The molecule has 1 heterocycles.